The summed E-state index contributed by atoms with van der Waals surface area (Å²) in [5.41, 5.74) is 0.662. The monoisotopic (exact) mass is 405 g/mol. The third kappa shape index (κ3) is 4.20. The van der Waals surface area contributed by atoms with Crippen molar-refractivity contribution in [2.75, 3.05) is 20.3 Å². The van der Waals surface area contributed by atoms with E-state index in [0.717, 1.165) is 0 Å². The SMILES string of the molecule is CCOC(=O)C1=C(C)N(C)C(=NO)C(C(=O)OCC)C1c1cccc([N+](=O)[O-])c1. The first-order chi connectivity index (χ1) is 13.8. The highest BCUT2D eigenvalue weighted by Crippen LogP contribution is 2.42. The number of ether oxygens (including phenoxy) is 2. The van der Waals surface area contributed by atoms with Crippen molar-refractivity contribution in [3.63, 3.8) is 0 Å². The lowest BCUT2D eigenvalue weighted by atomic mass is 9.75. The molecule has 0 saturated heterocycles. The first-order valence-corrected chi connectivity index (χ1v) is 9.02. The summed E-state index contributed by atoms with van der Waals surface area (Å²) in [5, 5.41) is 24.1. The van der Waals surface area contributed by atoms with E-state index in [9.17, 15) is 24.9 Å². The molecule has 0 amide bonds. The van der Waals surface area contributed by atoms with E-state index in [-0.39, 0.29) is 30.3 Å². The molecule has 0 saturated carbocycles. The number of carbonyl (C=O) groups is 2. The molecule has 10 nitrogen and oxygen atoms in total. The zero-order valence-electron chi connectivity index (χ0n) is 16.6. The van der Waals surface area contributed by atoms with Gasteiger partial charge >= 0.3 is 11.9 Å². The fourth-order valence-corrected chi connectivity index (χ4v) is 3.38. The Morgan fingerprint density at radius 3 is 2.48 bits per heavy atom. The number of esters is 2. The summed E-state index contributed by atoms with van der Waals surface area (Å²) >= 11 is 0. The van der Waals surface area contributed by atoms with Gasteiger partial charge in [-0.25, -0.2) is 4.79 Å². The maximum atomic E-state index is 12.8. The second-order valence-electron chi connectivity index (χ2n) is 6.30. The van der Waals surface area contributed by atoms with Crippen molar-refractivity contribution < 1.29 is 29.2 Å². The third-order valence-corrected chi connectivity index (χ3v) is 4.74. The van der Waals surface area contributed by atoms with E-state index in [1.54, 1.807) is 33.9 Å². The van der Waals surface area contributed by atoms with Crippen molar-refractivity contribution in [3.05, 3.63) is 51.2 Å². The van der Waals surface area contributed by atoms with Crippen LogP contribution in [0.2, 0.25) is 0 Å². The predicted molar refractivity (Wildman–Crippen MR) is 102 cm³/mol. The zero-order chi connectivity index (χ0) is 21.7. The summed E-state index contributed by atoms with van der Waals surface area (Å²) < 4.78 is 10.3. The molecule has 1 aliphatic rings. The second kappa shape index (κ2) is 9.18. The van der Waals surface area contributed by atoms with Crippen LogP contribution in [0.25, 0.3) is 0 Å². The molecule has 1 aliphatic heterocycles. The Kier molecular flexibility index (Phi) is 6.92. The number of oxime groups is 1. The van der Waals surface area contributed by atoms with Crippen LogP contribution < -0.4 is 0 Å². The molecule has 1 aromatic rings. The van der Waals surface area contributed by atoms with Gasteiger partial charge in [-0.1, -0.05) is 17.3 Å². The van der Waals surface area contributed by atoms with Crippen LogP contribution >= 0.6 is 0 Å². The summed E-state index contributed by atoms with van der Waals surface area (Å²) in [6.45, 7) is 5.05. The van der Waals surface area contributed by atoms with Crippen molar-refractivity contribution in [1.82, 2.24) is 4.90 Å². The molecule has 0 spiro atoms. The minimum absolute atomic E-state index is 0.0366. The number of nitro benzene ring substituents is 1. The molecule has 1 N–H and O–H groups in total. The Labute approximate surface area is 167 Å². The van der Waals surface area contributed by atoms with Crippen LogP contribution in [-0.2, 0) is 19.1 Å². The van der Waals surface area contributed by atoms with Gasteiger partial charge in [0.05, 0.1) is 23.7 Å². The number of benzene rings is 1. The minimum atomic E-state index is -1.20. The Morgan fingerprint density at radius 1 is 1.28 bits per heavy atom. The van der Waals surface area contributed by atoms with Crippen LogP contribution in [0.15, 0.2) is 40.7 Å². The summed E-state index contributed by atoms with van der Waals surface area (Å²) in [4.78, 5) is 37.7. The van der Waals surface area contributed by atoms with Crippen LogP contribution in [0.3, 0.4) is 0 Å². The number of nitro groups is 1. The molecule has 2 rings (SSSR count). The Hall–Kier alpha value is -3.43. The van der Waals surface area contributed by atoms with Gasteiger partial charge in [-0.05, 0) is 26.3 Å². The van der Waals surface area contributed by atoms with Gasteiger partial charge in [-0.15, -0.1) is 0 Å². The Morgan fingerprint density at radius 2 is 1.93 bits per heavy atom. The molecule has 0 fully saturated rings. The molecule has 0 bridgehead atoms. The number of hydrogen-bond acceptors (Lipinski definition) is 8. The highest BCUT2D eigenvalue weighted by atomic mass is 16.6. The third-order valence-electron chi connectivity index (χ3n) is 4.74. The van der Waals surface area contributed by atoms with E-state index >= 15 is 0 Å². The van der Waals surface area contributed by atoms with Crippen LogP contribution in [0.4, 0.5) is 5.69 Å². The van der Waals surface area contributed by atoms with Crippen molar-refractivity contribution in [3.8, 4) is 0 Å². The second-order valence-corrected chi connectivity index (χ2v) is 6.30. The first-order valence-electron chi connectivity index (χ1n) is 9.02. The highest BCUT2D eigenvalue weighted by molar-refractivity contribution is 6.07. The highest BCUT2D eigenvalue weighted by Gasteiger charge is 2.47. The van der Waals surface area contributed by atoms with E-state index in [4.69, 9.17) is 9.47 Å². The molecule has 0 aliphatic carbocycles. The lowest BCUT2D eigenvalue weighted by Crippen LogP contribution is -2.47. The molecular weight excluding hydrogens is 382 g/mol. The molecule has 10 heteroatoms. The molecule has 2 unspecified atom stereocenters. The van der Waals surface area contributed by atoms with Crippen molar-refractivity contribution in [1.29, 1.82) is 0 Å². The Bertz CT molecular complexity index is 878. The maximum Gasteiger partial charge on any atom is 0.336 e. The van der Waals surface area contributed by atoms with Crippen molar-refractivity contribution in [2.24, 2.45) is 11.1 Å². The quantitative estimate of drug-likeness (QED) is 0.330. The van der Waals surface area contributed by atoms with Gasteiger partial charge in [0, 0.05) is 30.8 Å². The average molecular weight is 405 g/mol. The fourth-order valence-electron chi connectivity index (χ4n) is 3.38. The predicted octanol–water partition coefficient (Wildman–Crippen LogP) is 2.43. The molecule has 156 valence electrons. The van der Waals surface area contributed by atoms with Gasteiger partial charge in [0.1, 0.15) is 5.92 Å². The summed E-state index contributed by atoms with van der Waals surface area (Å²) in [6, 6.07) is 5.61. The van der Waals surface area contributed by atoms with Gasteiger partial charge in [0.2, 0.25) is 0 Å². The number of hydrogen-bond donors (Lipinski definition) is 1. The zero-order valence-corrected chi connectivity index (χ0v) is 16.6. The normalized spacial score (nSPS) is 20.6. The number of carbonyl (C=O) groups excluding carboxylic acids is 2. The Balaban J connectivity index is 2.79. The molecule has 29 heavy (non-hydrogen) atoms. The summed E-state index contributed by atoms with van der Waals surface area (Å²) in [7, 11) is 1.54. The number of rotatable bonds is 6. The van der Waals surface area contributed by atoms with E-state index in [1.165, 1.54) is 23.1 Å². The fraction of sp³-hybridized carbons (Fsp3) is 0.421. The molecular formula is C19H23N3O7. The lowest BCUT2D eigenvalue weighted by molar-refractivity contribution is -0.384. The number of non-ortho nitro benzene ring substituents is 1. The van der Waals surface area contributed by atoms with E-state index in [2.05, 4.69) is 5.16 Å². The van der Waals surface area contributed by atoms with Gasteiger partial charge in [0.15, 0.2) is 5.84 Å². The average Bonchev–Trinajstić information content (AvgIpc) is 2.69. The van der Waals surface area contributed by atoms with Gasteiger partial charge < -0.3 is 19.6 Å². The number of amidine groups is 1. The number of allylic oxidation sites excluding steroid dienone is 1. The van der Waals surface area contributed by atoms with E-state index in [0.29, 0.717) is 11.3 Å². The van der Waals surface area contributed by atoms with Crippen LogP contribution in [0.1, 0.15) is 32.3 Å². The molecule has 1 aromatic carbocycles. The van der Waals surface area contributed by atoms with Crippen LogP contribution in [-0.4, -0.2) is 53.1 Å². The lowest BCUT2D eigenvalue weighted by Gasteiger charge is -2.38. The summed E-state index contributed by atoms with van der Waals surface area (Å²) in [5.74, 6) is -3.62. The van der Waals surface area contributed by atoms with Crippen molar-refractivity contribution in [2.45, 2.75) is 26.7 Å². The minimum Gasteiger partial charge on any atom is -0.465 e. The molecule has 0 radical (unpaired) electrons. The standard InChI is InChI=1S/C19H23N3O7/c1-5-28-18(23)14-11(3)21(4)17(20-25)16(19(24)29-6-2)15(14)12-8-7-9-13(10-12)22(26)27/h7-10,15-16,25H,5-6H2,1-4H3. The summed E-state index contributed by atoms with van der Waals surface area (Å²) in [6.07, 6.45) is 0. The van der Waals surface area contributed by atoms with E-state index < -0.39 is 28.7 Å². The van der Waals surface area contributed by atoms with Gasteiger partial charge in [-0.3, -0.25) is 14.9 Å². The van der Waals surface area contributed by atoms with Crippen molar-refractivity contribution >= 4 is 23.5 Å². The smallest absolute Gasteiger partial charge is 0.336 e. The van der Waals surface area contributed by atoms with Gasteiger partial charge in [0.25, 0.3) is 5.69 Å². The van der Waals surface area contributed by atoms with Crippen LogP contribution in [0.5, 0.6) is 0 Å². The van der Waals surface area contributed by atoms with E-state index in [1.807, 2.05) is 0 Å². The van der Waals surface area contributed by atoms with Crippen LogP contribution in [0, 0.1) is 16.0 Å². The maximum absolute atomic E-state index is 12.8. The first kappa shape index (κ1) is 21.9. The number of nitrogens with zero attached hydrogens (tertiary/aromatic N) is 3. The molecule has 0 aromatic heterocycles. The topological polar surface area (TPSA) is 132 Å². The largest absolute Gasteiger partial charge is 0.465 e. The molecule has 2 atom stereocenters. The molecule has 1 heterocycles. The van der Waals surface area contributed by atoms with Gasteiger partial charge in [-0.2, -0.15) is 0 Å².